The molecule has 0 amide bonds. The van der Waals surface area contributed by atoms with E-state index in [0.29, 0.717) is 6.61 Å². The molecule has 11 heavy (non-hydrogen) atoms. The number of ether oxygens (including phenoxy) is 2. The summed E-state index contributed by atoms with van der Waals surface area (Å²) in [5.41, 5.74) is -0.141. The van der Waals surface area contributed by atoms with Crippen LogP contribution in [0.2, 0.25) is 0 Å². The molecule has 0 saturated heterocycles. The van der Waals surface area contributed by atoms with Crippen LogP contribution >= 0.6 is 0 Å². The summed E-state index contributed by atoms with van der Waals surface area (Å²) < 4.78 is 10.4. The number of nitrogens with one attached hydrogen (secondary N) is 1. The zero-order chi connectivity index (χ0) is 8.74. The summed E-state index contributed by atoms with van der Waals surface area (Å²) in [6.45, 7) is 3.65. The summed E-state index contributed by atoms with van der Waals surface area (Å²) in [6.07, 6.45) is 0.966. The van der Waals surface area contributed by atoms with E-state index in [1.807, 2.05) is 14.0 Å². The fraction of sp³-hybridized carbons (Fsp3) is 1.00. The average molecular weight is 161 g/mol. The van der Waals surface area contributed by atoms with Crippen LogP contribution in [0.15, 0.2) is 0 Å². The van der Waals surface area contributed by atoms with Crippen LogP contribution in [0.25, 0.3) is 0 Å². The van der Waals surface area contributed by atoms with Gasteiger partial charge in [0.1, 0.15) is 0 Å². The molecule has 0 fully saturated rings. The summed E-state index contributed by atoms with van der Waals surface area (Å²) >= 11 is 0. The van der Waals surface area contributed by atoms with Gasteiger partial charge in [0.25, 0.3) is 0 Å². The van der Waals surface area contributed by atoms with Crippen molar-refractivity contribution in [1.82, 2.24) is 5.32 Å². The molecule has 0 rings (SSSR count). The van der Waals surface area contributed by atoms with Gasteiger partial charge in [0, 0.05) is 14.2 Å². The SMILES string of the molecule is CNCCC(C)(COC)OC. The lowest BCUT2D eigenvalue weighted by atomic mass is 10.0. The summed E-state index contributed by atoms with van der Waals surface area (Å²) in [7, 11) is 5.34. The molecule has 3 nitrogen and oxygen atoms in total. The Kier molecular flexibility index (Phi) is 5.46. The van der Waals surface area contributed by atoms with Crippen molar-refractivity contribution in [1.29, 1.82) is 0 Å². The molecule has 3 heteroatoms. The highest BCUT2D eigenvalue weighted by molar-refractivity contribution is 4.74. The maximum Gasteiger partial charge on any atom is 0.0895 e. The highest BCUT2D eigenvalue weighted by Gasteiger charge is 2.22. The van der Waals surface area contributed by atoms with Gasteiger partial charge in [-0.3, -0.25) is 0 Å². The molecule has 68 valence electrons. The lowest BCUT2D eigenvalue weighted by Gasteiger charge is -2.26. The second kappa shape index (κ2) is 5.52. The number of hydrogen-bond donors (Lipinski definition) is 1. The summed E-state index contributed by atoms with van der Waals surface area (Å²) in [5.74, 6) is 0. The summed E-state index contributed by atoms with van der Waals surface area (Å²) in [5, 5.41) is 3.08. The maximum atomic E-state index is 5.32. The van der Waals surface area contributed by atoms with Crippen LogP contribution in [0.3, 0.4) is 0 Å². The number of hydrogen-bond acceptors (Lipinski definition) is 3. The van der Waals surface area contributed by atoms with E-state index in [4.69, 9.17) is 9.47 Å². The minimum Gasteiger partial charge on any atom is -0.382 e. The minimum absolute atomic E-state index is 0.141. The Morgan fingerprint density at radius 2 is 2.00 bits per heavy atom. The Morgan fingerprint density at radius 1 is 1.36 bits per heavy atom. The maximum absolute atomic E-state index is 5.32. The Bertz CT molecular complexity index is 98.1. The second-order valence-corrected chi connectivity index (χ2v) is 2.94. The molecule has 0 aliphatic heterocycles. The first-order valence-electron chi connectivity index (χ1n) is 3.87. The second-order valence-electron chi connectivity index (χ2n) is 2.94. The van der Waals surface area contributed by atoms with E-state index >= 15 is 0 Å². The fourth-order valence-corrected chi connectivity index (χ4v) is 0.928. The van der Waals surface area contributed by atoms with Crippen LogP contribution in [0.4, 0.5) is 0 Å². The average Bonchev–Trinajstić information content (AvgIpc) is 2.02. The van der Waals surface area contributed by atoms with E-state index in [1.54, 1.807) is 14.2 Å². The standard InChI is InChI=1S/C8H19NO2/c1-8(11-4,7-10-3)5-6-9-2/h9H,5-7H2,1-4H3. The lowest BCUT2D eigenvalue weighted by Crippen LogP contribution is -2.35. The Labute approximate surface area is 69.1 Å². The van der Waals surface area contributed by atoms with E-state index in [1.165, 1.54) is 0 Å². The third-order valence-corrected chi connectivity index (χ3v) is 1.85. The summed E-state index contributed by atoms with van der Waals surface area (Å²) in [4.78, 5) is 0. The Morgan fingerprint density at radius 3 is 2.36 bits per heavy atom. The smallest absolute Gasteiger partial charge is 0.0895 e. The fourth-order valence-electron chi connectivity index (χ4n) is 0.928. The van der Waals surface area contributed by atoms with Crippen molar-refractivity contribution in [2.45, 2.75) is 18.9 Å². The molecule has 0 bridgehead atoms. The molecule has 0 aromatic rings. The van der Waals surface area contributed by atoms with Gasteiger partial charge in [-0.15, -0.1) is 0 Å². The number of methoxy groups -OCH3 is 2. The third-order valence-electron chi connectivity index (χ3n) is 1.85. The molecule has 0 aliphatic rings. The summed E-state index contributed by atoms with van der Waals surface area (Å²) in [6, 6.07) is 0. The monoisotopic (exact) mass is 161 g/mol. The van der Waals surface area contributed by atoms with Crippen molar-refractivity contribution >= 4 is 0 Å². The van der Waals surface area contributed by atoms with E-state index in [-0.39, 0.29) is 5.60 Å². The van der Waals surface area contributed by atoms with Crippen molar-refractivity contribution < 1.29 is 9.47 Å². The van der Waals surface area contributed by atoms with Gasteiger partial charge >= 0.3 is 0 Å². The molecular formula is C8H19NO2. The molecule has 0 radical (unpaired) electrons. The van der Waals surface area contributed by atoms with Crippen LogP contribution in [-0.4, -0.2) is 40.0 Å². The van der Waals surface area contributed by atoms with Crippen LogP contribution < -0.4 is 5.32 Å². The van der Waals surface area contributed by atoms with Crippen molar-refractivity contribution in [3.8, 4) is 0 Å². The molecule has 1 unspecified atom stereocenters. The largest absolute Gasteiger partial charge is 0.382 e. The first-order chi connectivity index (χ1) is 5.18. The molecule has 0 spiro atoms. The topological polar surface area (TPSA) is 30.5 Å². The zero-order valence-electron chi connectivity index (χ0n) is 7.94. The van der Waals surface area contributed by atoms with Crippen LogP contribution in [0.1, 0.15) is 13.3 Å². The van der Waals surface area contributed by atoms with Gasteiger partial charge in [-0.25, -0.2) is 0 Å². The highest BCUT2D eigenvalue weighted by Crippen LogP contribution is 2.13. The van der Waals surface area contributed by atoms with Gasteiger partial charge in [0.15, 0.2) is 0 Å². The van der Waals surface area contributed by atoms with Gasteiger partial charge in [-0.2, -0.15) is 0 Å². The Balaban J connectivity index is 3.68. The number of rotatable bonds is 6. The quantitative estimate of drug-likeness (QED) is 0.620. The van der Waals surface area contributed by atoms with E-state index in [9.17, 15) is 0 Å². The van der Waals surface area contributed by atoms with E-state index in [0.717, 1.165) is 13.0 Å². The molecule has 1 atom stereocenters. The molecule has 0 saturated carbocycles. The Hall–Kier alpha value is -0.120. The van der Waals surface area contributed by atoms with Crippen LogP contribution in [0.5, 0.6) is 0 Å². The van der Waals surface area contributed by atoms with E-state index in [2.05, 4.69) is 5.32 Å². The van der Waals surface area contributed by atoms with Gasteiger partial charge < -0.3 is 14.8 Å². The highest BCUT2D eigenvalue weighted by atomic mass is 16.5. The first-order valence-corrected chi connectivity index (χ1v) is 3.87. The van der Waals surface area contributed by atoms with Gasteiger partial charge in [0.05, 0.1) is 12.2 Å². The predicted molar refractivity (Wildman–Crippen MR) is 45.8 cm³/mol. The van der Waals surface area contributed by atoms with Crippen molar-refractivity contribution in [2.24, 2.45) is 0 Å². The minimum atomic E-state index is -0.141. The van der Waals surface area contributed by atoms with Gasteiger partial charge in [-0.1, -0.05) is 0 Å². The molecule has 0 aromatic heterocycles. The van der Waals surface area contributed by atoms with Crippen LogP contribution in [-0.2, 0) is 9.47 Å². The lowest BCUT2D eigenvalue weighted by molar-refractivity contribution is -0.0552. The first kappa shape index (κ1) is 10.9. The third kappa shape index (κ3) is 4.35. The zero-order valence-corrected chi connectivity index (χ0v) is 7.94. The molecule has 0 heterocycles. The van der Waals surface area contributed by atoms with Crippen molar-refractivity contribution in [3.63, 3.8) is 0 Å². The van der Waals surface area contributed by atoms with Gasteiger partial charge in [0.2, 0.25) is 0 Å². The normalized spacial score (nSPS) is 16.4. The van der Waals surface area contributed by atoms with Crippen LogP contribution in [0, 0.1) is 0 Å². The van der Waals surface area contributed by atoms with Crippen molar-refractivity contribution in [3.05, 3.63) is 0 Å². The van der Waals surface area contributed by atoms with Crippen molar-refractivity contribution in [2.75, 3.05) is 34.4 Å². The van der Waals surface area contributed by atoms with E-state index < -0.39 is 0 Å². The predicted octanol–water partition coefficient (Wildman–Crippen LogP) is 0.647. The van der Waals surface area contributed by atoms with Gasteiger partial charge in [-0.05, 0) is 26.9 Å². The molecule has 1 N–H and O–H groups in total. The molecular weight excluding hydrogens is 142 g/mol. The molecule has 0 aromatic carbocycles. The molecule has 0 aliphatic carbocycles.